The van der Waals surface area contributed by atoms with Gasteiger partial charge in [0.1, 0.15) is 0 Å². The van der Waals surface area contributed by atoms with Crippen LogP contribution >= 0.6 is 31.9 Å². The lowest BCUT2D eigenvalue weighted by molar-refractivity contribution is 0.569. The van der Waals surface area contributed by atoms with Gasteiger partial charge < -0.3 is 0 Å². The predicted molar refractivity (Wildman–Crippen MR) is 74.9 cm³/mol. The topological polar surface area (TPSA) is 0 Å². The maximum Gasteiger partial charge on any atom is 0.0219 e. The van der Waals surface area contributed by atoms with Crippen LogP contribution in [0, 0.1) is 17.8 Å². The Morgan fingerprint density at radius 1 is 1.25 bits per heavy atom. The van der Waals surface area contributed by atoms with Crippen LogP contribution in [-0.2, 0) is 6.42 Å². The van der Waals surface area contributed by atoms with Crippen molar-refractivity contribution in [2.75, 3.05) is 0 Å². The highest BCUT2D eigenvalue weighted by molar-refractivity contribution is 9.10. The minimum absolute atomic E-state index is 0.692. The second kappa shape index (κ2) is 4.45. The van der Waals surface area contributed by atoms with Crippen molar-refractivity contribution < 1.29 is 0 Å². The van der Waals surface area contributed by atoms with Gasteiger partial charge in [-0.25, -0.2) is 0 Å². The molecule has 2 fully saturated rings. The maximum atomic E-state index is 3.91. The van der Waals surface area contributed by atoms with Crippen LogP contribution in [0.25, 0.3) is 0 Å². The molecule has 0 heterocycles. The van der Waals surface area contributed by atoms with Gasteiger partial charge in [0.15, 0.2) is 0 Å². The third-order valence-electron chi connectivity index (χ3n) is 4.21. The average molecular weight is 344 g/mol. The molecule has 0 amide bonds. The molecule has 2 aliphatic carbocycles. The zero-order valence-corrected chi connectivity index (χ0v) is 12.4. The summed E-state index contributed by atoms with van der Waals surface area (Å²) < 4.78 is 1.20. The van der Waals surface area contributed by atoms with Crippen molar-refractivity contribution in [3.8, 4) is 0 Å². The third kappa shape index (κ3) is 2.11. The molecule has 0 nitrogen and oxygen atoms in total. The van der Waals surface area contributed by atoms with E-state index >= 15 is 0 Å². The molecule has 2 heteroatoms. The Bertz CT molecular complexity index is 378. The quantitative estimate of drug-likeness (QED) is 0.691. The van der Waals surface area contributed by atoms with Gasteiger partial charge in [0, 0.05) is 9.30 Å². The van der Waals surface area contributed by atoms with Crippen LogP contribution in [0.5, 0.6) is 0 Å². The summed E-state index contributed by atoms with van der Waals surface area (Å²) in [4.78, 5) is 0.692. The SMILES string of the molecule is Brc1cccc(CC(Br)C2C3CCCC32)c1. The fraction of sp³-hybridized carbons (Fsp3) is 0.571. The summed E-state index contributed by atoms with van der Waals surface area (Å²) in [5.74, 6) is 3.07. The Morgan fingerprint density at radius 2 is 2.00 bits per heavy atom. The molecule has 3 unspecified atom stereocenters. The monoisotopic (exact) mass is 342 g/mol. The molecule has 3 rings (SSSR count). The lowest BCUT2D eigenvalue weighted by Crippen LogP contribution is -2.09. The van der Waals surface area contributed by atoms with E-state index < -0.39 is 0 Å². The molecule has 0 aliphatic heterocycles. The van der Waals surface area contributed by atoms with E-state index in [9.17, 15) is 0 Å². The fourth-order valence-electron chi connectivity index (χ4n) is 3.44. The van der Waals surface area contributed by atoms with Crippen LogP contribution in [0.15, 0.2) is 28.7 Å². The van der Waals surface area contributed by atoms with Crippen molar-refractivity contribution >= 4 is 31.9 Å². The van der Waals surface area contributed by atoms with Crippen molar-refractivity contribution in [2.45, 2.75) is 30.5 Å². The number of hydrogen-bond acceptors (Lipinski definition) is 0. The Morgan fingerprint density at radius 3 is 2.69 bits per heavy atom. The number of fused-ring (bicyclic) bond motifs is 1. The number of rotatable bonds is 3. The predicted octanol–water partition coefficient (Wildman–Crippen LogP) is 4.80. The van der Waals surface area contributed by atoms with Gasteiger partial charge in [0.2, 0.25) is 0 Å². The van der Waals surface area contributed by atoms with Crippen LogP contribution in [0.2, 0.25) is 0 Å². The van der Waals surface area contributed by atoms with Gasteiger partial charge in [0.05, 0.1) is 0 Å². The highest BCUT2D eigenvalue weighted by Gasteiger charge is 2.54. The van der Waals surface area contributed by atoms with Crippen molar-refractivity contribution in [1.29, 1.82) is 0 Å². The molecule has 1 aromatic rings. The molecule has 0 bridgehead atoms. The first-order chi connectivity index (χ1) is 7.75. The van der Waals surface area contributed by atoms with E-state index in [1.165, 1.54) is 35.7 Å². The fourth-order valence-corrected chi connectivity index (χ4v) is 5.04. The molecule has 16 heavy (non-hydrogen) atoms. The summed E-state index contributed by atoms with van der Waals surface area (Å²) in [6, 6.07) is 8.70. The molecule has 86 valence electrons. The normalized spacial score (nSPS) is 33.5. The number of alkyl halides is 1. The average Bonchev–Trinajstić information content (AvgIpc) is 2.73. The highest BCUT2D eigenvalue weighted by Crippen LogP contribution is 2.60. The van der Waals surface area contributed by atoms with Gasteiger partial charge >= 0.3 is 0 Å². The van der Waals surface area contributed by atoms with Crippen LogP contribution in [-0.4, -0.2) is 4.83 Å². The molecular weight excluding hydrogens is 328 g/mol. The zero-order chi connectivity index (χ0) is 11.1. The Labute approximate surface area is 114 Å². The minimum Gasteiger partial charge on any atom is -0.0884 e. The second-order valence-electron chi connectivity index (χ2n) is 5.19. The molecule has 0 aromatic heterocycles. The van der Waals surface area contributed by atoms with Gasteiger partial charge in [-0.1, -0.05) is 50.4 Å². The largest absolute Gasteiger partial charge is 0.0884 e. The van der Waals surface area contributed by atoms with Gasteiger partial charge in [-0.15, -0.1) is 0 Å². The molecule has 0 spiro atoms. The Hall–Kier alpha value is 0.180. The van der Waals surface area contributed by atoms with E-state index in [0.717, 1.165) is 17.8 Å². The first kappa shape index (κ1) is 11.3. The van der Waals surface area contributed by atoms with Crippen molar-refractivity contribution in [3.63, 3.8) is 0 Å². The summed E-state index contributed by atoms with van der Waals surface area (Å²) in [5, 5.41) is 0. The first-order valence-electron chi connectivity index (χ1n) is 6.14. The van der Waals surface area contributed by atoms with E-state index in [-0.39, 0.29) is 0 Å². The van der Waals surface area contributed by atoms with Crippen LogP contribution in [0.1, 0.15) is 24.8 Å². The van der Waals surface area contributed by atoms with E-state index in [4.69, 9.17) is 0 Å². The lowest BCUT2D eigenvalue weighted by atomic mass is 10.0. The van der Waals surface area contributed by atoms with E-state index in [1.807, 2.05) is 0 Å². The van der Waals surface area contributed by atoms with Gasteiger partial charge in [-0.3, -0.25) is 0 Å². The third-order valence-corrected chi connectivity index (χ3v) is 5.64. The molecule has 1 aromatic carbocycles. The van der Waals surface area contributed by atoms with Crippen LogP contribution in [0.3, 0.4) is 0 Å². The summed E-state index contributed by atoms with van der Waals surface area (Å²) in [6.07, 6.45) is 5.62. The highest BCUT2D eigenvalue weighted by atomic mass is 79.9. The molecule has 0 radical (unpaired) electrons. The van der Waals surface area contributed by atoms with Gasteiger partial charge in [-0.05, 0) is 54.7 Å². The zero-order valence-electron chi connectivity index (χ0n) is 9.20. The van der Waals surface area contributed by atoms with E-state index in [2.05, 4.69) is 56.1 Å². The van der Waals surface area contributed by atoms with E-state index in [1.54, 1.807) is 0 Å². The standard InChI is InChI=1S/C14H16Br2/c15-10-4-1-3-9(7-10)8-13(16)14-11-5-2-6-12(11)14/h1,3-4,7,11-14H,2,5-6,8H2. The lowest BCUT2D eigenvalue weighted by Gasteiger charge is -2.12. The summed E-state index contributed by atoms with van der Waals surface area (Å²) in [7, 11) is 0. The van der Waals surface area contributed by atoms with Crippen molar-refractivity contribution in [3.05, 3.63) is 34.3 Å². The van der Waals surface area contributed by atoms with Crippen LogP contribution < -0.4 is 0 Å². The van der Waals surface area contributed by atoms with Gasteiger partial charge in [-0.2, -0.15) is 0 Å². The maximum absolute atomic E-state index is 3.91. The molecule has 2 aliphatic rings. The Balaban J connectivity index is 1.63. The number of halogens is 2. The number of benzene rings is 1. The smallest absolute Gasteiger partial charge is 0.0219 e. The van der Waals surface area contributed by atoms with Crippen molar-refractivity contribution in [2.24, 2.45) is 17.8 Å². The van der Waals surface area contributed by atoms with Crippen LogP contribution in [0.4, 0.5) is 0 Å². The summed E-state index contributed by atoms with van der Waals surface area (Å²) in [6.45, 7) is 0. The molecule has 0 saturated heterocycles. The van der Waals surface area contributed by atoms with Gasteiger partial charge in [0.25, 0.3) is 0 Å². The van der Waals surface area contributed by atoms with E-state index in [0.29, 0.717) is 4.83 Å². The Kier molecular flexibility index (Phi) is 3.14. The van der Waals surface area contributed by atoms with Crippen molar-refractivity contribution in [1.82, 2.24) is 0 Å². The second-order valence-corrected chi connectivity index (χ2v) is 7.28. The minimum atomic E-state index is 0.692. The number of hydrogen-bond donors (Lipinski definition) is 0. The molecule has 0 N–H and O–H groups in total. The first-order valence-corrected chi connectivity index (χ1v) is 7.85. The molecule has 3 atom stereocenters. The summed E-state index contributed by atoms with van der Waals surface area (Å²) in [5.41, 5.74) is 1.45. The molecule has 2 saturated carbocycles. The molecular formula is C14H16Br2. The summed E-state index contributed by atoms with van der Waals surface area (Å²) >= 11 is 7.44.